The first-order valence-electron chi connectivity index (χ1n) is 22.1. The van der Waals surface area contributed by atoms with Crippen LogP contribution in [0.3, 0.4) is 0 Å². The van der Waals surface area contributed by atoms with E-state index >= 15 is 4.79 Å². The number of piperidine rings is 1. The van der Waals surface area contributed by atoms with E-state index in [-0.39, 0.29) is 17.9 Å². The van der Waals surface area contributed by atoms with Crippen LogP contribution in [0.25, 0.3) is 10.9 Å². The van der Waals surface area contributed by atoms with Crippen molar-refractivity contribution < 1.29 is 43.5 Å². The number of rotatable bonds is 7. The lowest BCUT2D eigenvalue weighted by molar-refractivity contribution is -0.222. The zero-order valence-electron chi connectivity index (χ0n) is 37.1. The van der Waals surface area contributed by atoms with Gasteiger partial charge in [-0.1, -0.05) is 51.1 Å². The summed E-state index contributed by atoms with van der Waals surface area (Å²) in [5.41, 5.74) is -0.448. The van der Waals surface area contributed by atoms with Gasteiger partial charge in [0.15, 0.2) is 6.10 Å². The molecule has 330 valence electrons. The van der Waals surface area contributed by atoms with Gasteiger partial charge in [0.25, 0.3) is 0 Å². The monoisotopic (exact) mass is 840 g/mol. The minimum atomic E-state index is -2.26. The summed E-state index contributed by atoms with van der Waals surface area (Å²) >= 11 is 0. The number of carbonyl (C=O) groups excluding carboxylic acids is 3. The molecule has 1 saturated heterocycles. The highest BCUT2D eigenvalue weighted by atomic mass is 16.6. The third kappa shape index (κ3) is 6.67. The molecule has 1 aliphatic carbocycles. The van der Waals surface area contributed by atoms with Crippen LogP contribution in [0.2, 0.25) is 0 Å². The fraction of sp³-hybridized carbons (Fsp3) is 0.604. The molecule has 61 heavy (non-hydrogen) atoms. The van der Waals surface area contributed by atoms with Gasteiger partial charge in [-0.3, -0.25) is 19.4 Å². The average Bonchev–Trinajstić information content (AvgIpc) is 3.64. The Morgan fingerprint density at radius 1 is 0.984 bits per heavy atom. The lowest BCUT2D eigenvalue weighted by atomic mass is 9.57. The number of anilines is 1. The molecule has 3 aromatic rings. The summed E-state index contributed by atoms with van der Waals surface area (Å²) in [6.45, 7) is 10.8. The molecule has 1 aromatic heterocycles. The molecule has 8 rings (SSSR count). The molecule has 0 amide bonds. The van der Waals surface area contributed by atoms with Gasteiger partial charge in [-0.25, -0.2) is 4.79 Å². The van der Waals surface area contributed by atoms with E-state index in [1.54, 1.807) is 7.11 Å². The average molecular weight is 841 g/mol. The summed E-state index contributed by atoms with van der Waals surface area (Å²) in [6, 6.07) is 11.1. The Labute approximate surface area is 359 Å². The molecule has 9 unspecified atom stereocenters. The molecule has 5 aliphatic rings. The number of fused-ring (bicyclic) bond motifs is 7. The van der Waals surface area contributed by atoms with E-state index in [1.807, 2.05) is 49.2 Å². The first kappa shape index (κ1) is 43.2. The van der Waals surface area contributed by atoms with Crippen LogP contribution in [0.1, 0.15) is 82.2 Å². The second kappa shape index (κ2) is 16.0. The van der Waals surface area contributed by atoms with Crippen molar-refractivity contribution in [3.8, 4) is 5.75 Å². The van der Waals surface area contributed by atoms with Crippen LogP contribution in [0.5, 0.6) is 5.75 Å². The number of aromatic amines is 1. The molecule has 9 atom stereocenters. The minimum absolute atomic E-state index is 0.000554. The van der Waals surface area contributed by atoms with Crippen molar-refractivity contribution >= 4 is 34.5 Å². The first-order valence-corrected chi connectivity index (χ1v) is 22.1. The van der Waals surface area contributed by atoms with E-state index in [9.17, 15) is 19.8 Å². The van der Waals surface area contributed by atoms with Gasteiger partial charge in [0, 0.05) is 85.5 Å². The van der Waals surface area contributed by atoms with Crippen molar-refractivity contribution in [3.63, 3.8) is 0 Å². The molecule has 2 aromatic carbocycles. The number of aliphatic hydroxyl groups is 2. The summed E-state index contributed by atoms with van der Waals surface area (Å²) < 4.78 is 23.8. The van der Waals surface area contributed by atoms with Crippen LogP contribution >= 0.6 is 0 Å². The summed E-state index contributed by atoms with van der Waals surface area (Å²) in [6.07, 6.45) is 6.65. The predicted molar refractivity (Wildman–Crippen MR) is 232 cm³/mol. The molecule has 3 N–H and O–H groups in total. The Hall–Kier alpha value is -4.43. The van der Waals surface area contributed by atoms with Gasteiger partial charge in [-0.2, -0.15) is 0 Å². The van der Waals surface area contributed by atoms with Gasteiger partial charge in [0.2, 0.25) is 5.60 Å². The second-order valence-corrected chi connectivity index (χ2v) is 18.8. The number of carbonyl (C=O) groups is 3. The smallest absolute Gasteiger partial charge is 0.344 e. The number of esters is 3. The molecule has 13 heteroatoms. The quantitative estimate of drug-likeness (QED) is 0.168. The van der Waals surface area contributed by atoms with Crippen LogP contribution in [0.15, 0.2) is 48.6 Å². The number of hydrogen-bond donors (Lipinski definition) is 3. The maximum absolute atomic E-state index is 15.2. The third-order valence-corrected chi connectivity index (χ3v) is 15.5. The topological polar surface area (TPSA) is 154 Å². The van der Waals surface area contributed by atoms with Gasteiger partial charge < -0.3 is 39.0 Å². The number of nitrogens with one attached hydrogen (secondary N) is 1. The van der Waals surface area contributed by atoms with Crippen molar-refractivity contribution in [3.05, 3.63) is 70.9 Å². The fourth-order valence-corrected chi connectivity index (χ4v) is 12.4. The summed E-state index contributed by atoms with van der Waals surface area (Å²) in [5, 5.41) is 26.3. The summed E-state index contributed by atoms with van der Waals surface area (Å²) in [4.78, 5) is 52.7. The number of methoxy groups -OCH3 is 3. The highest BCUT2D eigenvalue weighted by Gasteiger charge is 2.69. The normalized spacial score (nSPS) is 33.7. The second-order valence-electron chi connectivity index (χ2n) is 18.8. The zero-order chi connectivity index (χ0) is 43.6. The lowest BCUT2D eigenvalue weighted by Gasteiger charge is -2.61. The zero-order valence-corrected chi connectivity index (χ0v) is 37.1. The largest absolute Gasteiger partial charge is 0.496 e. The third-order valence-electron chi connectivity index (χ3n) is 15.5. The Morgan fingerprint density at radius 2 is 1.74 bits per heavy atom. The van der Waals surface area contributed by atoms with E-state index in [4.69, 9.17) is 18.9 Å². The van der Waals surface area contributed by atoms with Crippen molar-refractivity contribution in [2.24, 2.45) is 17.3 Å². The van der Waals surface area contributed by atoms with Crippen LogP contribution < -0.4 is 9.64 Å². The van der Waals surface area contributed by atoms with Crippen molar-refractivity contribution in [1.82, 2.24) is 14.8 Å². The number of H-pyrrole nitrogens is 1. The SMILES string of the molecule is CCC12C=CCN3CCCc4cc(C5(C(=O)OC)CC6CN(CCc7c5[nH]c5ccccc75)CC(O)(C(C)C)C6)c(OC)cc4N(C)C(CC31)C(O)(C(=O)OC)C2OC(C)=O. The van der Waals surface area contributed by atoms with E-state index in [0.29, 0.717) is 82.6 Å². The number of hydrogen-bond acceptors (Lipinski definition) is 12. The molecule has 0 radical (unpaired) electrons. The van der Waals surface area contributed by atoms with Gasteiger partial charge in [0.1, 0.15) is 11.2 Å². The van der Waals surface area contributed by atoms with Gasteiger partial charge >= 0.3 is 17.9 Å². The number of likely N-dealkylation sites (N-methyl/N-ethyl adjacent to an activating group) is 1. The summed E-state index contributed by atoms with van der Waals surface area (Å²) in [5.74, 6) is -1.53. The number of aromatic nitrogens is 1. The Bertz CT molecular complexity index is 2220. The van der Waals surface area contributed by atoms with Crippen LogP contribution in [0, 0.1) is 17.3 Å². The number of nitrogens with zero attached hydrogens (tertiary/aromatic N) is 3. The van der Waals surface area contributed by atoms with E-state index in [2.05, 4.69) is 46.8 Å². The Kier molecular flexibility index (Phi) is 11.4. The first-order chi connectivity index (χ1) is 29.1. The minimum Gasteiger partial charge on any atom is -0.496 e. The van der Waals surface area contributed by atoms with E-state index in [1.165, 1.54) is 21.1 Å². The number of para-hydroxylation sites is 1. The highest BCUT2D eigenvalue weighted by molar-refractivity contribution is 5.94. The number of aryl methyl sites for hydroxylation is 1. The number of benzene rings is 2. The standard InChI is InChI=1S/C48H64N4O9/c1-9-45-18-13-20-52-19-12-14-32-22-35(38(58-6)23-37(32)50(5)40(24-39(45)52)48(57,44(55)60-8)42(45)61-30(4)53)47(43(54)59-7)26-31-25-46(56,29(2)3)28-51(27-31)21-17-34-33-15-10-11-16-36(33)49-41(34)47/h10-11,13,15-16,18,22-23,29,31,39-40,42,49,56-57H,9,12,14,17,19-21,24-28H2,1-8H3. The molecule has 5 heterocycles. The van der Waals surface area contributed by atoms with Gasteiger partial charge in [0.05, 0.1) is 33.0 Å². The van der Waals surface area contributed by atoms with Crippen LogP contribution in [-0.4, -0.2) is 133 Å². The van der Waals surface area contributed by atoms with Crippen molar-refractivity contribution in [2.75, 3.05) is 66.0 Å². The Morgan fingerprint density at radius 3 is 2.43 bits per heavy atom. The highest BCUT2D eigenvalue weighted by Crippen LogP contribution is 2.55. The van der Waals surface area contributed by atoms with Crippen LogP contribution in [0.4, 0.5) is 5.69 Å². The maximum atomic E-state index is 15.2. The number of ether oxygens (including phenoxy) is 4. The van der Waals surface area contributed by atoms with Crippen molar-refractivity contribution in [2.45, 2.75) is 107 Å². The Balaban J connectivity index is 1.37. The molecule has 4 bridgehead atoms. The fourth-order valence-electron chi connectivity index (χ4n) is 12.4. The molecular formula is C48H64N4O9. The maximum Gasteiger partial charge on any atom is 0.344 e. The molecule has 0 spiro atoms. The van der Waals surface area contributed by atoms with Crippen LogP contribution in [-0.2, 0) is 46.9 Å². The lowest BCUT2D eigenvalue weighted by Crippen LogP contribution is -2.76. The van der Waals surface area contributed by atoms with E-state index < -0.39 is 52.1 Å². The molecule has 4 aliphatic heterocycles. The van der Waals surface area contributed by atoms with E-state index in [0.717, 1.165) is 39.8 Å². The molecule has 1 saturated carbocycles. The van der Waals surface area contributed by atoms with Gasteiger partial charge in [-0.15, -0.1) is 0 Å². The predicted octanol–water partition coefficient (Wildman–Crippen LogP) is 4.92. The summed E-state index contributed by atoms with van der Waals surface area (Å²) in [7, 11) is 6.15. The van der Waals surface area contributed by atoms with Crippen molar-refractivity contribution in [1.29, 1.82) is 0 Å². The molecular weight excluding hydrogens is 777 g/mol. The molecule has 13 nitrogen and oxygen atoms in total. The van der Waals surface area contributed by atoms with Gasteiger partial charge in [-0.05, 0) is 86.6 Å². The molecule has 2 fully saturated rings.